The van der Waals surface area contributed by atoms with Crippen LogP contribution >= 0.6 is 9.24 Å². The van der Waals surface area contributed by atoms with Crippen LogP contribution in [0.1, 0.15) is 18.4 Å². The third-order valence-corrected chi connectivity index (χ3v) is 3.95. The first-order valence-electron chi connectivity index (χ1n) is 5.45. The van der Waals surface area contributed by atoms with Gasteiger partial charge in [0, 0.05) is 5.92 Å². The van der Waals surface area contributed by atoms with Crippen molar-refractivity contribution in [1.82, 2.24) is 5.32 Å². The highest BCUT2D eigenvalue weighted by Crippen LogP contribution is 2.44. The van der Waals surface area contributed by atoms with E-state index in [4.69, 9.17) is 0 Å². The lowest BCUT2D eigenvalue weighted by atomic mass is 9.88. The van der Waals surface area contributed by atoms with Gasteiger partial charge in [-0.15, -0.1) is 0 Å². The van der Waals surface area contributed by atoms with Crippen molar-refractivity contribution in [2.45, 2.75) is 18.3 Å². The fourth-order valence-corrected chi connectivity index (χ4v) is 2.70. The van der Waals surface area contributed by atoms with Crippen LogP contribution in [0.2, 0.25) is 0 Å². The van der Waals surface area contributed by atoms with Gasteiger partial charge >= 0.3 is 0 Å². The smallest absolute Gasteiger partial charge is 0.151 e. The van der Waals surface area contributed by atoms with Gasteiger partial charge in [-0.3, -0.25) is 0 Å². The zero-order chi connectivity index (χ0) is 10.7. The Balaban J connectivity index is 2.18. The van der Waals surface area contributed by atoms with E-state index in [9.17, 15) is 4.39 Å². The van der Waals surface area contributed by atoms with E-state index in [1.807, 2.05) is 30.3 Å². The predicted octanol–water partition coefficient (Wildman–Crippen LogP) is 2.68. The van der Waals surface area contributed by atoms with Crippen molar-refractivity contribution < 1.29 is 4.39 Å². The summed E-state index contributed by atoms with van der Waals surface area (Å²) in [5.41, 5.74) is 0.780. The summed E-state index contributed by atoms with van der Waals surface area (Å²) in [4.78, 5) is 0. The Bertz CT molecular complexity index is 307. The van der Waals surface area contributed by atoms with Gasteiger partial charge in [0.2, 0.25) is 0 Å². The summed E-state index contributed by atoms with van der Waals surface area (Å²) in [6.45, 7) is 1.86. The van der Waals surface area contributed by atoms with E-state index in [1.54, 1.807) is 0 Å². The third kappa shape index (κ3) is 2.38. The fraction of sp³-hybridized carbons (Fsp3) is 0.500. The first-order valence-corrected chi connectivity index (χ1v) is 6.03. The normalized spacial score (nSPS) is 22.3. The van der Waals surface area contributed by atoms with Crippen LogP contribution in [0.25, 0.3) is 0 Å². The van der Waals surface area contributed by atoms with Crippen molar-refractivity contribution in [3.05, 3.63) is 35.9 Å². The SMILES string of the molecule is FC(P)(c1ccccc1)C1CCNCC1. The van der Waals surface area contributed by atoms with Gasteiger partial charge in [0.05, 0.1) is 0 Å². The van der Waals surface area contributed by atoms with E-state index in [0.717, 1.165) is 31.5 Å². The fourth-order valence-electron chi connectivity index (χ4n) is 2.17. The minimum absolute atomic E-state index is 0.117. The van der Waals surface area contributed by atoms with Crippen LogP contribution in [-0.4, -0.2) is 13.1 Å². The molecule has 0 aliphatic carbocycles. The van der Waals surface area contributed by atoms with Gasteiger partial charge in [-0.25, -0.2) is 4.39 Å². The number of rotatable bonds is 2. The van der Waals surface area contributed by atoms with Crippen molar-refractivity contribution in [2.75, 3.05) is 13.1 Å². The monoisotopic (exact) mass is 225 g/mol. The molecule has 0 aromatic heterocycles. The highest BCUT2D eigenvalue weighted by molar-refractivity contribution is 7.18. The Hall–Kier alpha value is -0.460. The molecule has 1 saturated heterocycles. The maximum atomic E-state index is 14.6. The Morgan fingerprint density at radius 1 is 1.20 bits per heavy atom. The van der Waals surface area contributed by atoms with Gasteiger partial charge in [-0.2, -0.15) is 0 Å². The molecule has 0 saturated carbocycles. The van der Waals surface area contributed by atoms with Gasteiger partial charge in [0.1, 0.15) is 0 Å². The van der Waals surface area contributed by atoms with Gasteiger partial charge in [-0.1, -0.05) is 39.6 Å². The largest absolute Gasteiger partial charge is 0.317 e. The summed E-state index contributed by atoms with van der Waals surface area (Å²) in [6.07, 6.45) is 1.82. The molecule has 1 aromatic carbocycles. The van der Waals surface area contributed by atoms with E-state index < -0.39 is 5.41 Å². The molecule has 0 bridgehead atoms. The second kappa shape index (κ2) is 4.59. The number of benzene rings is 1. The zero-order valence-corrected chi connectivity index (χ0v) is 9.90. The molecule has 1 nitrogen and oxygen atoms in total. The highest BCUT2D eigenvalue weighted by Gasteiger charge is 2.36. The first kappa shape index (κ1) is 11.0. The van der Waals surface area contributed by atoms with Gasteiger partial charge in [-0.05, 0) is 31.5 Å². The average Bonchev–Trinajstić information content (AvgIpc) is 2.31. The number of halogens is 1. The van der Waals surface area contributed by atoms with Gasteiger partial charge in [0.25, 0.3) is 0 Å². The number of hydrogen-bond donors (Lipinski definition) is 1. The van der Waals surface area contributed by atoms with E-state index in [1.165, 1.54) is 0 Å². The third-order valence-electron chi connectivity index (χ3n) is 3.15. The second-order valence-corrected chi connectivity index (χ2v) is 5.00. The summed E-state index contributed by atoms with van der Waals surface area (Å²) in [6, 6.07) is 9.46. The molecule has 2 rings (SSSR count). The standard InChI is InChI=1S/C12H17FNP/c13-12(15,10-4-2-1-3-5-10)11-6-8-14-9-7-11/h1-5,11,14H,6-9,15H2. The van der Waals surface area contributed by atoms with Crippen LogP contribution in [0, 0.1) is 5.92 Å². The quantitative estimate of drug-likeness (QED) is 0.763. The molecule has 1 aliphatic heterocycles. The zero-order valence-electron chi connectivity index (χ0n) is 8.75. The molecular formula is C12H17FNP. The number of piperidine rings is 1. The topological polar surface area (TPSA) is 12.0 Å². The predicted molar refractivity (Wildman–Crippen MR) is 64.5 cm³/mol. The molecule has 1 fully saturated rings. The molecule has 1 aromatic rings. The minimum Gasteiger partial charge on any atom is -0.317 e. The lowest BCUT2D eigenvalue weighted by molar-refractivity contribution is 0.152. The molecule has 2 unspecified atom stereocenters. The van der Waals surface area contributed by atoms with E-state index in [-0.39, 0.29) is 5.92 Å². The van der Waals surface area contributed by atoms with Crippen LogP contribution in [0.3, 0.4) is 0 Å². The maximum Gasteiger partial charge on any atom is 0.151 e. The Morgan fingerprint density at radius 3 is 2.40 bits per heavy atom. The van der Waals surface area contributed by atoms with Crippen molar-refractivity contribution in [1.29, 1.82) is 0 Å². The summed E-state index contributed by atoms with van der Waals surface area (Å²) < 4.78 is 14.6. The van der Waals surface area contributed by atoms with E-state index in [2.05, 4.69) is 14.6 Å². The summed E-state index contributed by atoms with van der Waals surface area (Å²) in [5.74, 6) is 0.117. The van der Waals surface area contributed by atoms with Crippen LogP contribution in [0.15, 0.2) is 30.3 Å². The van der Waals surface area contributed by atoms with Crippen molar-refractivity contribution in [3.8, 4) is 0 Å². The molecule has 1 N–H and O–H groups in total. The Morgan fingerprint density at radius 2 is 1.80 bits per heavy atom. The number of hydrogen-bond acceptors (Lipinski definition) is 1. The van der Waals surface area contributed by atoms with Gasteiger partial charge < -0.3 is 5.32 Å². The molecule has 0 radical (unpaired) electrons. The molecule has 1 heterocycles. The minimum atomic E-state index is -1.26. The first-order chi connectivity index (χ1) is 7.21. The molecule has 1 aliphatic rings. The lowest BCUT2D eigenvalue weighted by Crippen LogP contribution is -2.35. The highest BCUT2D eigenvalue weighted by atomic mass is 31.0. The molecule has 2 atom stereocenters. The summed E-state index contributed by atoms with van der Waals surface area (Å²) in [7, 11) is 2.40. The van der Waals surface area contributed by atoms with Crippen LogP contribution < -0.4 is 5.32 Å². The Labute approximate surface area is 92.7 Å². The van der Waals surface area contributed by atoms with Gasteiger partial charge in [0.15, 0.2) is 5.41 Å². The van der Waals surface area contributed by atoms with Crippen molar-refractivity contribution >= 4 is 9.24 Å². The van der Waals surface area contributed by atoms with Crippen molar-refractivity contribution in [3.63, 3.8) is 0 Å². The molecule has 0 spiro atoms. The van der Waals surface area contributed by atoms with E-state index in [0.29, 0.717) is 0 Å². The van der Waals surface area contributed by atoms with E-state index >= 15 is 0 Å². The van der Waals surface area contributed by atoms with Crippen molar-refractivity contribution in [2.24, 2.45) is 5.92 Å². The van der Waals surface area contributed by atoms with Crippen LogP contribution in [0.4, 0.5) is 4.39 Å². The Kier molecular flexibility index (Phi) is 3.38. The summed E-state index contributed by atoms with van der Waals surface area (Å²) >= 11 is 0. The molecule has 15 heavy (non-hydrogen) atoms. The maximum absolute atomic E-state index is 14.6. The molecule has 0 amide bonds. The van der Waals surface area contributed by atoms with Crippen LogP contribution in [0.5, 0.6) is 0 Å². The molecular weight excluding hydrogens is 208 g/mol. The molecule has 3 heteroatoms. The lowest BCUT2D eigenvalue weighted by Gasteiger charge is -2.33. The molecule has 82 valence electrons. The summed E-state index contributed by atoms with van der Waals surface area (Å²) in [5, 5.41) is 2.00. The van der Waals surface area contributed by atoms with Crippen LogP contribution in [-0.2, 0) is 5.41 Å². The number of nitrogens with one attached hydrogen (secondary N) is 1. The average molecular weight is 225 g/mol. The second-order valence-electron chi connectivity index (χ2n) is 4.16. The number of alkyl halides is 1.